The van der Waals surface area contributed by atoms with Gasteiger partial charge >= 0.3 is 0 Å². The van der Waals surface area contributed by atoms with Gasteiger partial charge in [0.2, 0.25) is 17.6 Å². The van der Waals surface area contributed by atoms with Crippen molar-refractivity contribution in [3.8, 4) is 11.4 Å². The maximum atomic E-state index is 11.1. The van der Waals surface area contributed by atoms with Crippen molar-refractivity contribution in [1.82, 2.24) is 15.5 Å². The highest BCUT2D eigenvalue weighted by molar-refractivity contribution is 5.75. The number of nitrogens with zero attached hydrogens (tertiary/aromatic N) is 2. The third-order valence-corrected chi connectivity index (χ3v) is 2.54. The Labute approximate surface area is 105 Å². The summed E-state index contributed by atoms with van der Waals surface area (Å²) in [5, 5.41) is 6.57. The summed E-state index contributed by atoms with van der Waals surface area (Å²) < 4.78 is 5.07. The van der Waals surface area contributed by atoms with Crippen LogP contribution in [0.1, 0.15) is 24.8 Å². The lowest BCUT2D eigenvalue weighted by Crippen LogP contribution is -2.21. The molecule has 0 aliphatic rings. The molecule has 1 heterocycles. The number of hydrogen-bond donors (Lipinski definition) is 1. The van der Waals surface area contributed by atoms with Crippen molar-refractivity contribution in [3.05, 3.63) is 35.7 Å². The third kappa shape index (κ3) is 2.94. The molecule has 5 nitrogen and oxygen atoms in total. The molecule has 0 saturated heterocycles. The lowest BCUT2D eigenvalue weighted by Gasteiger charge is -1.97. The van der Waals surface area contributed by atoms with Crippen LogP contribution < -0.4 is 5.32 Å². The number of aryl methyl sites for hydroxylation is 1. The summed E-state index contributed by atoms with van der Waals surface area (Å²) in [5.41, 5.74) is 2.08. The maximum Gasteiger partial charge on any atom is 0.246 e. The highest BCUT2D eigenvalue weighted by Crippen LogP contribution is 2.16. The van der Waals surface area contributed by atoms with Crippen LogP contribution in [0, 0.1) is 6.92 Å². The second-order valence-electron chi connectivity index (χ2n) is 4.01. The lowest BCUT2D eigenvalue weighted by molar-refractivity contribution is -0.121. The van der Waals surface area contributed by atoms with Gasteiger partial charge in [0.05, 0.1) is 6.54 Å². The van der Waals surface area contributed by atoms with Gasteiger partial charge in [-0.05, 0) is 6.92 Å². The Morgan fingerprint density at radius 3 is 2.72 bits per heavy atom. The Morgan fingerprint density at radius 2 is 2.06 bits per heavy atom. The van der Waals surface area contributed by atoms with Crippen LogP contribution in [0.25, 0.3) is 11.4 Å². The Morgan fingerprint density at radius 1 is 1.33 bits per heavy atom. The molecule has 0 bridgehead atoms. The predicted octanol–water partition coefficient (Wildman–Crippen LogP) is 2.07. The van der Waals surface area contributed by atoms with Gasteiger partial charge in [-0.1, -0.05) is 41.9 Å². The Kier molecular flexibility index (Phi) is 3.72. The number of rotatable bonds is 4. The summed E-state index contributed by atoms with van der Waals surface area (Å²) in [5.74, 6) is 0.910. The van der Waals surface area contributed by atoms with Crippen LogP contribution in [0.4, 0.5) is 0 Å². The number of benzene rings is 1. The molecule has 0 saturated carbocycles. The minimum Gasteiger partial charge on any atom is -0.347 e. The zero-order chi connectivity index (χ0) is 13.0. The van der Waals surface area contributed by atoms with Crippen LogP contribution in [0.15, 0.2) is 28.8 Å². The fourth-order valence-corrected chi connectivity index (χ4v) is 1.45. The first-order valence-corrected chi connectivity index (χ1v) is 5.85. The maximum absolute atomic E-state index is 11.1. The van der Waals surface area contributed by atoms with Gasteiger partial charge < -0.3 is 9.84 Å². The van der Waals surface area contributed by atoms with E-state index in [4.69, 9.17) is 4.52 Å². The second-order valence-corrected chi connectivity index (χ2v) is 4.01. The molecule has 1 aromatic carbocycles. The van der Waals surface area contributed by atoms with Crippen molar-refractivity contribution in [3.63, 3.8) is 0 Å². The Balaban J connectivity index is 2.06. The number of aromatic nitrogens is 2. The number of carbonyl (C=O) groups excluding carboxylic acids is 1. The molecule has 0 aliphatic carbocycles. The van der Waals surface area contributed by atoms with Crippen LogP contribution in [0.3, 0.4) is 0 Å². The molecule has 1 aromatic heterocycles. The van der Waals surface area contributed by atoms with Gasteiger partial charge in [-0.15, -0.1) is 0 Å². The van der Waals surface area contributed by atoms with E-state index >= 15 is 0 Å². The summed E-state index contributed by atoms with van der Waals surface area (Å²) in [4.78, 5) is 15.3. The summed E-state index contributed by atoms with van der Waals surface area (Å²) in [6.45, 7) is 4.08. The van der Waals surface area contributed by atoms with Crippen LogP contribution in [-0.4, -0.2) is 16.0 Å². The van der Waals surface area contributed by atoms with E-state index < -0.39 is 0 Å². The van der Waals surface area contributed by atoms with Gasteiger partial charge in [0.15, 0.2) is 0 Å². The van der Waals surface area contributed by atoms with Crippen molar-refractivity contribution in [2.45, 2.75) is 26.8 Å². The molecule has 2 rings (SSSR count). The van der Waals surface area contributed by atoms with Crippen LogP contribution >= 0.6 is 0 Å². The normalized spacial score (nSPS) is 10.3. The summed E-state index contributed by atoms with van der Waals surface area (Å²) in [6, 6.07) is 7.86. The molecule has 0 unspecified atom stereocenters. The fraction of sp³-hybridized carbons (Fsp3) is 0.308. The zero-order valence-electron chi connectivity index (χ0n) is 10.4. The first-order chi connectivity index (χ1) is 8.69. The van der Waals surface area contributed by atoms with E-state index in [1.807, 2.05) is 31.2 Å². The largest absolute Gasteiger partial charge is 0.347 e. The number of nitrogens with one attached hydrogen (secondary N) is 1. The van der Waals surface area contributed by atoms with Gasteiger partial charge in [0, 0.05) is 12.0 Å². The number of carbonyl (C=O) groups is 1. The molecule has 2 aromatic rings. The van der Waals surface area contributed by atoms with E-state index in [0.29, 0.717) is 18.1 Å². The summed E-state index contributed by atoms with van der Waals surface area (Å²) in [7, 11) is 0. The molecule has 0 aliphatic heterocycles. The van der Waals surface area contributed by atoms with Crippen molar-refractivity contribution in [2.24, 2.45) is 0 Å². The second kappa shape index (κ2) is 5.44. The minimum absolute atomic E-state index is 0.0370. The van der Waals surface area contributed by atoms with Crippen molar-refractivity contribution < 1.29 is 9.32 Å². The van der Waals surface area contributed by atoms with Gasteiger partial charge in [-0.2, -0.15) is 4.98 Å². The molecular weight excluding hydrogens is 230 g/mol. The molecule has 0 spiro atoms. The van der Waals surface area contributed by atoms with E-state index in [0.717, 1.165) is 5.56 Å². The molecule has 0 radical (unpaired) electrons. The average Bonchev–Trinajstić information content (AvgIpc) is 2.85. The van der Waals surface area contributed by atoms with Gasteiger partial charge in [0.25, 0.3) is 0 Å². The van der Waals surface area contributed by atoms with Crippen LogP contribution in [-0.2, 0) is 11.3 Å². The average molecular weight is 245 g/mol. The molecule has 0 fully saturated rings. The zero-order valence-corrected chi connectivity index (χ0v) is 10.4. The van der Waals surface area contributed by atoms with E-state index in [1.54, 1.807) is 6.92 Å². The van der Waals surface area contributed by atoms with Crippen LogP contribution in [0.5, 0.6) is 0 Å². The molecule has 94 valence electrons. The van der Waals surface area contributed by atoms with Gasteiger partial charge in [-0.3, -0.25) is 4.79 Å². The number of amides is 1. The molecule has 1 amide bonds. The topological polar surface area (TPSA) is 68.0 Å². The van der Waals surface area contributed by atoms with E-state index in [9.17, 15) is 4.79 Å². The van der Waals surface area contributed by atoms with Crippen molar-refractivity contribution in [2.75, 3.05) is 0 Å². The lowest BCUT2D eigenvalue weighted by atomic mass is 10.1. The summed E-state index contributed by atoms with van der Waals surface area (Å²) in [6.07, 6.45) is 0.443. The third-order valence-electron chi connectivity index (χ3n) is 2.54. The van der Waals surface area contributed by atoms with Crippen molar-refractivity contribution >= 4 is 5.91 Å². The van der Waals surface area contributed by atoms with Gasteiger partial charge in [0.1, 0.15) is 0 Å². The van der Waals surface area contributed by atoms with E-state index in [-0.39, 0.29) is 12.5 Å². The standard InChI is InChI=1S/C13H15N3O2/c1-3-11(17)14-8-12-15-13(16-18-12)10-6-4-9(2)5-7-10/h4-7H,3,8H2,1-2H3,(H,14,17). The quantitative estimate of drug-likeness (QED) is 0.895. The monoisotopic (exact) mass is 245 g/mol. The first-order valence-electron chi connectivity index (χ1n) is 5.85. The molecule has 5 heteroatoms. The van der Waals surface area contributed by atoms with E-state index in [2.05, 4.69) is 15.5 Å². The molecular formula is C13H15N3O2. The molecule has 1 N–H and O–H groups in total. The highest BCUT2D eigenvalue weighted by Gasteiger charge is 2.08. The summed E-state index contributed by atoms with van der Waals surface area (Å²) >= 11 is 0. The first kappa shape index (κ1) is 12.3. The van der Waals surface area contributed by atoms with Crippen molar-refractivity contribution in [1.29, 1.82) is 0 Å². The van der Waals surface area contributed by atoms with Crippen LogP contribution in [0.2, 0.25) is 0 Å². The minimum atomic E-state index is -0.0370. The number of hydrogen-bond acceptors (Lipinski definition) is 4. The smallest absolute Gasteiger partial charge is 0.246 e. The Bertz CT molecular complexity index is 531. The predicted molar refractivity (Wildman–Crippen MR) is 66.6 cm³/mol. The molecule has 18 heavy (non-hydrogen) atoms. The highest BCUT2D eigenvalue weighted by atomic mass is 16.5. The van der Waals surface area contributed by atoms with E-state index in [1.165, 1.54) is 5.56 Å². The molecule has 0 atom stereocenters. The van der Waals surface area contributed by atoms with Gasteiger partial charge in [-0.25, -0.2) is 0 Å². The SMILES string of the molecule is CCC(=O)NCc1nc(-c2ccc(C)cc2)no1. The fourth-order valence-electron chi connectivity index (χ4n) is 1.45. The Hall–Kier alpha value is -2.17.